The zero-order chi connectivity index (χ0) is 11.2. The highest BCUT2D eigenvalue weighted by Crippen LogP contribution is 2.23. The van der Waals surface area contributed by atoms with Crippen LogP contribution in [-0.4, -0.2) is 37.1 Å². The van der Waals surface area contributed by atoms with Crippen molar-refractivity contribution >= 4 is 0 Å². The molecule has 2 heteroatoms. The fourth-order valence-corrected chi connectivity index (χ4v) is 3.23. The maximum Gasteiger partial charge on any atom is 0.0195 e. The molecule has 1 atom stereocenters. The quantitative estimate of drug-likeness (QED) is 0.790. The van der Waals surface area contributed by atoms with Crippen molar-refractivity contribution in [3.8, 4) is 0 Å². The predicted octanol–water partition coefficient (Wildman–Crippen LogP) is 2.64. The van der Waals surface area contributed by atoms with Gasteiger partial charge in [0.05, 0.1) is 0 Å². The maximum atomic E-state index is 3.81. The SMILES string of the molecule is CCN1CCCC(NCC2CCCCC2)C1. The summed E-state index contributed by atoms with van der Waals surface area (Å²) in [4.78, 5) is 2.59. The van der Waals surface area contributed by atoms with Gasteiger partial charge in [-0.3, -0.25) is 0 Å². The Morgan fingerprint density at radius 3 is 2.62 bits per heavy atom. The van der Waals surface area contributed by atoms with Crippen molar-refractivity contribution < 1.29 is 0 Å². The number of nitrogens with zero attached hydrogens (tertiary/aromatic N) is 1. The first-order valence-electron chi connectivity index (χ1n) is 7.34. The molecule has 94 valence electrons. The maximum absolute atomic E-state index is 3.81. The molecule has 1 saturated heterocycles. The van der Waals surface area contributed by atoms with Gasteiger partial charge in [-0.2, -0.15) is 0 Å². The molecule has 0 aromatic rings. The average Bonchev–Trinajstić information content (AvgIpc) is 2.38. The zero-order valence-corrected chi connectivity index (χ0v) is 10.9. The van der Waals surface area contributed by atoms with Crippen LogP contribution in [0.25, 0.3) is 0 Å². The van der Waals surface area contributed by atoms with Crippen LogP contribution in [-0.2, 0) is 0 Å². The van der Waals surface area contributed by atoms with E-state index in [9.17, 15) is 0 Å². The van der Waals surface area contributed by atoms with Crippen molar-refractivity contribution in [3.63, 3.8) is 0 Å². The Labute approximate surface area is 101 Å². The van der Waals surface area contributed by atoms with Crippen molar-refractivity contribution in [1.29, 1.82) is 0 Å². The van der Waals surface area contributed by atoms with Gasteiger partial charge in [0.15, 0.2) is 0 Å². The molecule has 1 saturated carbocycles. The van der Waals surface area contributed by atoms with E-state index in [1.807, 2.05) is 0 Å². The second kappa shape index (κ2) is 6.61. The van der Waals surface area contributed by atoms with Gasteiger partial charge in [-0.05, 0) is 51.2 Å². The van der Waals surface area contributed by atoms with Crippen LogP contribution in [0.15, 0.2) is 0 Å². The summed E-state index contributed by atoms with van der Waals surface area (Å²) in [7, 11) is 0. The minimum Gasteiger partial charge on any atom is -0.312 e. The smallest absolute Gasteiger partial charge is 0.0195 e. The molecule has 2 aliphatic rings. The first-order valence-corrected chi connectivity index (χ1v) is 7.34. The lowest BCUT2D eigenvalue weighted by Gasteiger charge is -2.33. The van der Waals surface area contributed by atoms with E-state index in [1.54, 1.807) is 0 Å². The molecule has 16 heavy (non-hydrogen) atoms. The average molecular weight is 224 g/mol. The Balaban J connectivity index is 1.64. The number of hydrogen-bond acceptors (Lipinski definition) is 2. The highest BCUT2D eigenvalue weighted by Gasteiger charge is 2.20. The second-order valence-electron chi connectivity index (χ2n) is 5.64. The molecule has 0 amide bonds. The lowest BCUT2D eigenvalue weighted by molar-refractivity contribution is 0.191. The number of piperidine rings is 1. The summed E-state index contributed by atoms with van der Waals surface area (Å²) in [5.41, 5.74) is 0. The summed E-state index contributed by atoms with van der Waals surface area (Å²) in [6, 6.07) is 0.774. The van der Waals surface area contributed by atoms with E-state index in [1.165, 1.54) is 71.1 Å². The fraction of sp³-hybridized carbons (Fsp3) is 1.00. The lowest BCUT2D eigenvalue weighted by atomic mass is 9.89. The first kappa shape index (κ1) is 12.4. The van der Waals surface area contributed by atoms with Gasteiger partial charge in [0.2, 0.25) is 0 Å². The van der Waals surface area contributed by atoms with Gasteiger partial charge in [0, 0.05) is 12.6 Å². The van der Waals surface area contributed by atoms with Crippen LogP contribution >= 0.6 is 0 Å². The Kier molecular flexibility index (Phi) is 5.11. The van der Waals surface area contributed by atoms with E-state index in [0.29, 0.717) is 0 Å². The van der Waals surface area contributed by atoms with Crippen molar-refractivity contribution in [2.75, 3.05) is 26.2 Å². The summed E-state index contributed by atoms with van der Waals surface area (Å²) < 4.78 is 0. The number of likely N-dealkylation sites (N-methyl/N-ethyl adjacent to an activating group) is 1. The van der Waals surface area contributed by atoms with Gasteiger partial charge in [0.1, 0.15) is 0 Å². The first-order chi connectivity index (χ1) is 7.88. The summed E-state index contributed by atoms with van der Waals surface area (Å²) in [5.74, 6) is 0.978. The van der Waals surface area contributed by atoms with Gasteiger partial charge >= 0.3 is 0 Å². The largest absolute Gasteiger partial charge is 0.312 e. The third-order valence-electron chi connectivity index (χ3n) is 4.37. The molecule has 0 aromatic carbocycles. The predicted molar refractivity (Wildman–Crippen MR) is 69.7 cm³/mol. The number of likely N-dealkylation sites (tertiary alicyclic amines) is 1. The van der Waals surface area contributed by atoms with Gasteiger partial charge in [-0.15, -0.1) is 0 Å². The van der Waals surface area contributed by atoms with E-state index >= 15 is 0 Å². The Morgan fingerprint density at radius 2 is 1.88 bits per heavy atom. The van der Waals surface area contributed by atoms with Crippen LogP contribution in [0.3, 0.4) is 0 Å². The summed E-state index contributed by atoms with van der Waals surface area (Å²) in [5, 5.41) is 3.81. The Hall–Kier alpha value is -0.0800. The molecule has 0 radical (unpaired) electrons. The Morgan fingerprint density at radius 1 is 1.06 bits per heavy atom. The highest BCUT2D eigenvalue weighted by molar-refractivity contribution is 4.79. The third-order valence-corrected chi connectivity index (χ3v) is 4.37. The van der Waals surface area contributed by atoms with Crippen LogP contribution < -0.4 is 5.32 Å². The number of nitrogens with one attached hydrogen (secondary N) is 1. The highest BCUT2D eigenvalue weighted by atomic mass is 15.2. The normalized spacial score (nSPS) is 29.4. The summed E-state index contributed by atoms with van der Waals surface area (Å²) in [6.45, 7) is 7.38. The van der Waals surface area contributed by atoms with Crippen molar-refractivity contribution in [3.05, 3.63) is 0 Å². The summed E-state index contributed by atoms with van der Waals surface area (Å²) >= 11 is 0. The van der Waals surface area contributed by atoms with Gasteiger partial charge in [-0.25, -0.2) is 0 Å². The standard InChI is InChI=1S/C14H28N2/c1-2-16-10-6-9-14(12-16)15-11-13-7-4-3-5-8-13/h13-15H,2-12H2,1H3. The van der Waals surface area contributed by atoms with E-state index in [0.717, 1.165) is 12.0 Å². The molecule has 0 bridgehead atoms. The molecule has 2 nitrogen and oxygen atoms in total. The molecule has 1 aliphatic heterocycles. The molecule has 1 heterocycles. The van der Waals surface area contributed by atoms with E-state index < -0.39 is 0 Å². The molecular weight excluding hydrogens is 196 g/mol. The molecule has 1 unspecified atom stereocenters. The molecule has 1 aliphatic carbocycles. The van der Waals surface area contributed by atoms with Crippen molar-refractivity contribution in [2.45, 2.75) is 57.9 Å². The molecule has 1 N–H and O–H groups in total. The monoisotopic (exact) mass is 224 g/mol. The zero-order valence-electron chi connectivity index (χ0n) is 10.9. The minimum atomic E-state index is 0.774. The van der Waals surface area contributed by atoms with Gasteiger partial charge in [0.25, 0.3) is 0 Å². The van der Waals surface area contributed by atoms with Crippen LogP contribution in [0.1, 0.15) is 51.9 Å². The lowest BCUT2D eigenvalue weighted by Crippen LogP contribution is -2.46. The molecule has 2 rings (SSSR count). The van der Waals surface area contributed by atoms with E-state index in [-0.39, 0.29) is 0 Å². The Bertz CT molecular complexity index is 187. The number of hydrogen-bond donors (Lipinski definition) is 1. The second-order valence-corrected chi connectivity index (χ2v) is 5.64. The topological polar surface area (TPSA) is 15.3 Å². The minimum absolute atomic E-state index is 0.774. The van der Waals surface area contributed by atoms with Gasteiger partial charge < -0.3 is 10.2 Å². The fourth-order valence-electron chi connectivity index (χ4n) is 3.23. The van der Waals surface area contributed by atoms with Crippen LogP contribution in [0.2, 0.25) is 0 Å². The third kappa shape index (κ3) is 3.74. The molecular formula is C14H28N2. The van der Waals surface area contributed by atoms with Crippen LogP contribution in [0.5, 0.6) is 0 Å². The van der Waals surface area contributed by atoms with E-state index in [2.05, 4.69) is 17.1 Å². The van der Waals surface area contributed by atoms with Crippen molar-refractivity contribution in [2.24, 2.45) is 5.92 Å². The summed E-state index contributed by atoms with van der Waals surface area (Å²) in [6.07, 6.45) is 10.1. The van der Waals surface area contributed by atoms with Gasteiger partial charge in [-0.1, -0.05) is 26.2 Å². The molecule has 0 aromatic heterocycles. The van der Waals surface area contributed by atoms with Crippen molar-refractivity contribution in [1.82, 2.24) is 10.2 Å². The van der Waals surface area contributed by atoms with Crippen LogP contribution in [0, 0.1) is 5.92 Å². The van der Waals surface area contributed by atoms with E-state index in [4.69, 9.17) is 0 Å². The molecule has 2 fully saturated rings. The number of rotatable bonds is 4. The molecule has 0 spiro atoms. The van der Waals surface area contributed by atoms with Crippen LogP contribution in [0.4, 0.5) is 0 Å².